The highest BCUT2D eigenvalue weighted by Crippen LogP contribution is 2.16. The first kappa shape index (κ1) is 13.1. The van der Waals surface area contributed by atoms with E-state index in [-0.39, 0.29) is 0 Å². The summed E-state index contributed by atoms with van der Waals surface area (Å²) >= 11 is 0. The van der Waals surface area contributed by atoms with Crippen molar-refractivity contribution < 1.29 is 0 Å². The summed E-state index contributed by atoms with van der Waals surface area (Å²) in [7, 11) is 0. The summed E-state index contributed by atoms with van der Waals surface area (Å²) in [4.78, 5) is 4.62. The van der Waals surface area contributed by atoms with E-state index in [0.29, 0.717) is 6.04 Å². The van der Waals surface area contributed by atoms with E-state index in [2.05, 4.69) is 53.8 Å². The van der Waals surface area contributed by atoms with Crippen molar-refractivity contribution in [2.75, 3.05) is 6.54 Å². The molecule has 1 heterocycles. The van der Waals surface area contributed by atoms with Crippen molar-refractivity contribution in [3.8, 4) is 0 Å². The Labute approximate surface area is 109 Å². The zero-order valence-corrected chi connectivity index (χ0v) is 11.6. The van der Waals surface area contributed by atoms with Gasteiger partial charge in [0.2, 0.25) is 0 Å². The average Bonchev–Trinajstić information content (AvgIpc) is 2.67. The number of benzene rings is 1. The summed E-state index contributed by atoms with van der Waals surface area (Å²) in [6.07, 6.45) is 2.42. The summed E-state index contributed by atoms with van der Waals surface area (Å²) < 4.78 is 2.33. The lowest BCUT2D eigenvalue weighted by atomic mass is 10.1. The summed E-state index contributed by atoms with van der Waals surface area (Å²) in [5.41, 5.74) is 2.34. The zero-order chi connectivity index (χ0) is 13.0. The predicted molar refractivity (Wildman–Crippen MR) is 76.8 cm³/mol. The minimum atomic E-state index is 0.538. The number of hydrogen-bond acceptors (Lipinski definition) is 2. The van der Waals surface area contributed by atoms with Crippen LogP contribution < -0.4 is 5.32 Å². The van der Waals surface area contributed by atoms with E-state index >= 15 is 0 Å². The third kappa shape index (κ3) is 2.72. The smallest absolute Gasteiger partial charge is 0.106 e. The maximum absolute atomic E-state index is 4.62. The second-order valence-electron chi connectivity index (χ2n) is 4.80. The number of aryl methyl sites for hydroxylation is 1. The second kappa shape index (κ2) is 6.01. The van der Waals surface area contributed by atoms with Crippen molar-refractivity contribution in [1.29, 1.82) is 0 Å². The lowest BCUT2D eigenvalue weighted by Gasteiger charge is -2.19. The van der Waals surface area contributed by atoms with Crippen LogP contribution in [0.5, 0.6) is 0 Å². The van der Waals surface area contributed by atoms with Crippen LogP contribution in [0.2, 0.25) is 0 Å². The van der Waals surface area contributed by atoms with Gasteiger partial charge in [0.1, 0.15) is 5.82 Å². The van der Waals surface area contributed by atoms with Gasteiger partial charge >= 0.3 is 0 Å². The molecule has 0 spiro atoms. The number of hydrogen-bond donors (Lipinski definition) is 1. The Morgan fingerprint density at radius 3 is 2.78 bits per heavy atom. The molecule has 0 saturated carbocycles. The van der Waals surface area contributed by atoms with Crippen LogP contribution in [0.4, 0.5) is 0 Å². The van der Waals surface area contributed by atoms with Crippen molar-refractivity contribution in [1.82, 2.24) is 14.9 Å². The van der Waals surface area contributed by atoms with Crippen molar-refractivity contribution >= 4 is 11.0 Å². The molecule has 0 aliphatic rings. The van der Waals surface area contributed by atoms with E-state index in [1.54, 1.807) is 0 Å². The molecule has 18 heavy (non-hydrogen) atoms. The Morgan fingerprint density at radius 2 is 2.06 bits per heavy atom. The predicted octanol–water partition coefficient (Wildman–Crippen LogP) is 3.12. The lowest BCUT2D eigenvalue weighted by Crippen LogP contribution is -2.33. The van der Waals surface area contributed by atoms with Crippen LogP contribution >= 0.6 is 0 Å². The van der Waals surface area contributed by atoms with E-state index in [4.69, 9.17) is 0 Å². The molecule has 2 aromatic rings. The summed E-state index contributed by atoms with van der Waals surface area (Å²) in [5.74, 6) is 1.11. The molecule has 1 N–H and O–H groups in total. The summed E-state index contributed by atoms with van der Waals surface area (Å²) in [6, 6.07) is 8.91. The highest BCUT2D eigenvalue weighted by atomic mass is 15.1. The van der Waals surface area contributed by atoms with Gasteiger partial charge in [0, 0.05) is 12.6 Å². The van der Waals surface area contributed by atoms with Crippen molar-refractivity contribution in [2.24, 2.45) is 0 Å². The maximum Gasteiger partial charge on any atom is 0.106 e. The lowest BCUT2D eigenvalue weighted by molar-refractivity contribution is 0.430. The van der Waals surface area contributed by atoms with E-state index < -0.39 is 0 Å². The number of nitrogens with one attached hydrogen (secondary N) is 1. The van der Waals surface area contributed by atoms with Gasteiger partial charge in [0.25, 0.3) is 0 Å². The van der Waals surface area contributed by atoms with Gasteiger partial charge in [-0.05, 0) is 32.0 Å². The molecule has 2 rings (SSSR count). The number of fused-ring (bicyclic) bond motifs is 1. The number of para-hydroxylation sites is 2. The Balaban J connectivity index is 2.26. The fourth-order valence-electron chi connectivity index (χ4n) is 2.54. The first-order valence-corrected chi connectivity index (χ1v) is 6.91. The summed E-state index contributed by atoms with van der Waals surface area (Å²) in [6.45, 7) is 8.53. The molecule has 0 amide bonds. The molecule has 1 atom stereocenters. The van der Waals surface area contributed by atoms with Crippen LogP contribution in [-0.4, -0.2) is 22.1 Å². The van der Waals surface area contributed by atoms with E-state index in [9.17, 15) is 0 Å². The van der Waals surface area contributed by atoms with Crippen molar-refractivity contribution in [3.05, 3.63) is 30.1 Å². The molecule has 1 unspecified atom stereocenters. The normalized spacial score (nSPS) is 13.1. The molecule has 1 aromatic carbocycles. The Hall–Kier alpha value is -1.35. The Morgan fingerprint density at radius 1 is 1.28 bits per heavy atom. The first-order valence-electron chi connectivity index (χ1n) is 6.91. The molecular weight excluding hydrogens is 222 g/mol. The average molecular weight is 245 g/mol. The molecule has 3 heteroatoms. The minimum absolute atomic E-state index is 0.538. The van der Waals surface area contributed by atoms with Gasteiger partial charge in [0.05, 0.1) is 11.0 Å². The fraction of sp³-hybridized carbons (Fsp3) is 0.533. The number of imidazole rings is 1. The van der Waals surface area contributed by atoms with E-state index in [0.717, 1.165) is 24.4 Å². The van der Waals surface area contributed by atoms with Crippen LogP contribution in [0.25, 0.3) is 11.0 Å². The van der Waals surface area contributed by atoms with Gasteiger partial charge in [-0.3, -0.25) is 0 Å². The fourth-order valence-corrected chi connectivity index (χ4v) is 2.54. The number of nitrogens with zero attached hydrogens (tertiary/aromatic N) is 2. The van der Waals surface area contributed by atoms with Crippen LogP contribution in [-0.2, 0) is 6.54 Å². The van der Waals surface area contributed by atoms with E-state index in [1.165, 1.54) is 18.4 Å². The summed E-state index contributed by atoms with van der Waals surface area (Å²) in [5, 5.41) is 3.57. The SMILES string of the molecule is CCCC(Cn1c(C)nc2ccccc21)NCC. The van der Waals surface area contributed by atoms with Crippen molar-refractivity contribution in [2.45, 2.75) is 46.2 Å². The molecule has 0 fully saturated rings. The molecule has 0 bridgehead atoms. The van der Waals surface area contributed by atoms with Gasteiger partial charge < -0.3 is 9.88 Å². The quantitative estimate of drug-likeness (QED) is 0.847. The largest absolute Gasteiger partial charge is 0.327 e. The number of aromatic nitrogens is 2. The topological polar surface area (TPSA) is 29.9 Å². The van der Waals surface area contributed by atoms with Gasteiger partial charge in [0.15, 0.2) is 0 Å². The van der Waals surface area contributed by atoms with Gasteiger partial charge in [-0.15, -0.1) is 0 Å². The molecule has 1 aromatic heterocycles. The Kier molecular flexibility index (Phi) is 4.37. The molecule has 3 nitrogen and oxygen atoms in total. The van der Waals surface area contributed by atoms with E-state index in [1.807, 2.05) is 6.07 Å². The van der Waals surface area contributed by atoms with Gasteiger partial charge in [-0.25, -0.2) is 4.98 Å². The zero-order valence-electron chi connectivity index (χ0n) is 11.6. The highest BCUT2D eigenvalue weighted by molar-refractivity contribution is 5.75. The molecule has 0 radical (unpaired) electrons. The van der Waals surface area contributed by atoms with Gasteiger partial charge in [-0.1, -0.05) is 32.4 Å². The first-order chi connectivity index (χ1) is 8.76. The molecule has 0 aliphatic heterocycles. The standard InChI is InChI=1S/C15H23N3/c1-4-8-13(16-5-2)11-18-12(3)17-14-9-6-7-10-15(14)18/h6-7,9-10,13,16H,4-5,8,11H2,1-3H3. The monoisotopic (exact) mass is 245 g/mol. The van der Waals surface area contributed by atoms with Crippen LogP contribution in [0.3, 0.4) is 0 Å². The maximum atomic E-state index is 4.62. The highest BCUT2D eigenvalue weighted by Gasteiger charge is 2.12. The molecule has 98 valence electrons. The second-order valence-corrected chi connectivity index (χ2v) is 4.80. The number of likely N-dealkylation sites (N-methyl/N-ethyl adjacent to an activating group) is 1. The minimum Gasteiger partial charge on any atom is -0.327 e. The van der Waals surface area contributed by atoms with Gasteiger partial charge in [-0.2, -0.15) is 0 Å². The van der Waals surface area contributed by atoms with Crippen LogP contribution in [0, 0.1) is 6.92 Å². The van der Waals surface area contributed by atoms with Crippen molar-refractivity contribution in [3.63, 3.8) is 0 Å². The molecule has 0 aliphatic carbocycles. The van der Waals surface area contributed by atoms with Crippen LogP contribution in [0.15, 0.2) is 24.3 Å². The third-order valence-corrected chi connectivity index (χ3v) is 3.38. The number of rotatable bonds is 6. The third-order valence-electron chi connectivity index (χ3n) is 3.38. The molecule has 0 saturated heterocycles. The van der Waals surface area contributed by atoms with Crippen LogP contribution in [0.1, 0.15) is 32.5 Å². The molecular formula is C15H23N3. The Bertz CT molecular complexity index is 495.